The molecule has 0 fully saturated rings. The van der Waals surface area contributed by atoms with Crippen LogP contribution in [0.15, 0.2) is 47.7 Å². The maximum atomic E-state index is 12.7. The lowest BCUT2D eigenvalue weighted by molar-refractivity contribution is -0.137. The van der Waals surface area contributed by atoms with Gasteiger partial charge in [-0.3, -0.25) is 9.67 Å². The fraction of sp³-hybridized carbons (Fsp3) is 0.333. The third kappa shape index (κ3) is 8.34. The minimum absolute atomic E-state index is 0. The van der Waals surface area contributed by atoms with Crippen LogP contribution in [0.2, 0.25) is 0 Å². The van der Waals surface area contributed by atoms with Crippen molar-refractivity contribution in [1.29, 1.82) is 0 Å². The Bertz CT molecular complexity index is 776. The topological polar surface area (TPSA) is 54.2 Å². The molecule has 27 heavy (non-hydrogen) atoms. The van der Waals surface area contributed by atoms with Crippen molar-refractivity contribution < 1.29 is 13.2 Å². The van der Waals surface area contributed by atoms with Crippen LogP contribution in [-0.2, 0) is 12.7 Å². The highest BCUT2D eigenvalue weighted by Crippen LogP contribution is 2.29. The molecule has 2 aromatic rings. The molecule has 0 aliphatic carbocycles. The Hall–Kier alpha value is -2.22. The Morgan fingerprint density at radius 2 is 2.07 bits per heavy atom. The van der Waals surface area contributed by atoms with Crippen molar-refractivity contribution in [1.82, 2.24) is 20.4 Å². The van der Waals surface area contributed by atoms with Crippen molar-refractivity contribution >= 4 is 29.9 Å². The van der Waals surface area contributed by atoms with Crippen LogP contribution in [0.1, 0.15) is 17.5 Å². The molecule has 2 rings (SSSR count). The van der Waals surface area contributed by atoms with Gasteiger partial charge in [-0.25, -0.2) is 0 Å². The van der Waals surface area contributed by atoms with E-state index in [2.05, 4.69) is 32.6 Å². The standard InChI is InChI=1S/C18H20F3N5.HI/c1-22-17(24-10-4-12-26-13-5-11-25-26)23-9-3-7-15-6-2-8-16(14-15)18(19,20)21;/h2,5-6,8,11,13-14H,4,9-10,12H2,1H3,(H2,22,23,24);1H. The quantitative estimate of drug-likeness (QED) is 0.222. The first kappa shape index (κ1) is 22.8. The molecule has 2 N–H and O–H groups in total. The second-order valence-electron chi connectivity index (χ2n) is 5.36. The molecule has 9 heteroatoms. The normalized spacial score (nSPS) is 11.2. The molecule has 0 aliphatic heterocycles. The summed E-state index contributed by atoms with van der Waals surface area (Å²) in [6, 6.07) is 6.83. The number of alkyl halides is 3. The number of hydrogen-bond acceptors (Lipinski definition) is 2. The lowest BCUT2D eigenvalue weighted by Gasteiger charge is -2.09. The molecule has 0 atom stereocenters. The van der Waals surface area contributed by atoms with Crippen LogP contribution in [0.5, 0.6) is 0 Å². The zero-order valence-electron chi connectivity index (χ0n) is 14.8. The first-order chi connectivity index (χ1) is 12.5. The number of guanidine groups is 1. The molecule has 0 unspecified atom stereocenters. The van der Waals surface area contributed by atoms with Crippen molar-refractivity contribution in [3.63, 3.8) is 0 Å². The fourth-order valence-electron chi connectivity index (χ4n) is 2.15. The summed E-state index contributed by atoms with van der Waals surface area (Å²) in [5.74, 6) is 6.10. The summed E-state index contributed by atoms with van der Waals surface area (Å²) in [6.07, 6.45) is 0.143. The molecule has 146 valence electrons. The Morgan fingerprint density at radius 1 is 1.26 bits per heavy atom. The Morgan fingerprint density at radius 3 is 2.74 bits per heavy atom. The van der Waals surface area contributed by atoms with Gasteiger partial charge in [0.05, 0.1) is 12.1 Å². The van der Waals surface area contributed by atoms with Crippen molar-refractivity contribution in [2.45, 2.75) is 19.1 Å². The van der Waals surface area contributed by atoms with E-state index in [-0.39, 0.29) is 30.5 Å². The van der Waals surface area contributed by atoms with Crippen LogP contribution in [0, 0.1) is 11.8 Å². The number of aliphatic imine (C=N–C) groups is 1. The van der Waals surface area contributed by atoms with Crippen molar-refractivity contribution in [2.75, 3.05) is 20.1 Å². The van der Waals surface area contributed by atoms with Gasteiger partial charge in [0.15, 0.2) is 5.96 Å². The van der Waals surface area contributed by atoms with Gasteiger partial charge in [-0.05, 0) is 30.7 Å². The average Bonchev–Trinajstić information content (AvgIpc) is 3.13. The highest BCUT2D eigenvalue weighted by Gasteiger charge is 2.30. The smallest absolute Gasteiger partial charge is 0.356 e. The predicted molar refractivity (Wildman–Crippen MR) is 110 cm³/mol. The second kappa shape index (κ2) is 11.5. The molecule has 1 aromatic heterocycles. The van der Waals surface area contributed by atoms with Gasteiger partial charge in [-0.2, -0.15) is 18.3 Å². The number of aromatic nitrogens is 2. The van der Waals surface area contributed by atoms with E-state index in [9.17, 15) is 13.2 Å². The van der Waals surface area contributed by atoms with Crippen molar-refractivity contribution in [3.05, 3.63) is 53.9 Å². The summed E-state index contributed by atoms with van der Waals surface area (Å²) in [6.45, 7) is 1.78. The van der Waals surface area contributed by atoms with E-state index in [0.717, 1.165) is 25.1 Å². The van der Waals surface area contributed by atoms with Gasteiger partial charge in [0.25, 0.3) is 0 Å². The number of rotatable bonds is 5. The van der Waals surface area contributed by atoms with Crippen molar-refractivity contribution in [2.24, 2.45) is 4.99 Å². The molecular weight excluding hydrogens is 470 g/mol. The summed E-state index contributed by atoms with van der Waals surface area (Å²) < 4.78 is 39.8. The van der Waals surface area contributed by atoms with Crippen LogP contribution in [0.25, 0.3) is 0 Å². The maximum Gasteiger partial charge on any atom is 0.416 e. The zero-order valence-corrected chi connectivity index (χ0v) is 17.1. The van der Waals surface area contributed by atoms with Gasteiger partial charge < -0.3 is 10.6 Å². The molecule has 5 nitrogen and oxygen atoms in total. The van der Waals surface area contributed by atoms with Gasteiger partial charge >= 0.3 is 6.18 Å². The minimum atomic E-state index is -4.36. The summed E-state index contributed by atoms with van der Waals surface area (Å²) in [4.78, 5) is 4.07. The van der Waals surface area contributed by atoms with E-state index in [0.29, 0.717) is 18.1 Å². The molecule has 1 aromatic carbocycles. The Kier molecular flexibility index (Phi) is 9.71. The summed E-state index contributed by atoms with van der Waals surface area (Å²) in [5.41, 5.74) is -0.379. The lowest BCUT2D eigenvalue weighted by Crippen LogP contribution is -2.38. The number of benzene rings is 1. The fourth-order valence-corrected chi connectivity index (χ4v) is 2.15. The third-order valence-electron chi connectivity index (χ3n) is 3.41. The van der Waals surface area contributed by atoms with E-state index in [1.54, 1.807) is 19.3 Å². The van der Waals surface area contributed by atoms with Gasteiger partial charge in [0.1, 0.15) is 0 Å². The monoisotopic (exact) mass is 491 g/mol. The summed E-state index contributed by atoms with van der Waals surface area (Å²) >= 11 is 0. The second-order valence-corrected chi connectivity index (χ2v) is 5.36. The van der Waals surface area contributed by atoms with E-state index in [4.69, 9.17) is 0 Å². The number of halogens is 4. The summed E-state index contributed by atoms with van der Waals surface area (Å²) in [7, 11) is 1.64. The molecule has 0 saturated carbocycles. The molecule has 0 saturated heterocycles. The lowest BCUT2D eigenvalue weighted by atomic mass is 10.1. The van der Waals surface area contributed by atoms with E-state index >= 15 is 0 Å². The number of nitrogens with zero attached hydrogens (tertiary/aromatic N) is 3. The molecule has 0 aliphatic rings. The van der Waals surface area contributed by atoms with E-state index in [1.807, 2.05) is 16.9 Å². The molecule has 0 radical (unpaired) electrons. The molecule has 0 amide bonds. The number of nitrogens with one attached hydrogen (secondary N) is 2. The molecule has 0 spiro atoms. The minimum Gasteiger partial charge on any atom is -0.356 e. The Labute approximate surface area is 173 Å². The highest BCUT2D eigenvalue weighted by atomic mass is 127. The van der Waals surface area contributed by atoms with Crippen LogP contribution in [0.3, 0.4) is 0 Å². The third-order valence-corrected chi connectivity index (χ3v) is 3.41. The predicted octanol–water partition coefficient (Wildman–Crippen LogP) is 3.13. The van der Waals surface area contributed by atoms with Gasteiger partial charge in [-0.15, -0.1) is 24.0 Å². The largest absolute Gasteiger partial charge is 0.416 e. The summed E-state index contributed by atoms with van der Waals surface area (Å²) in [5, 5.41) is 10.3. The molecular formula is C18H21F3IN5. The first-order valence-electron chi connectivity index (χ1n) is 8.07. The molecule has 1 heterocycles. The Balaban J connectivity index is 0.00000364. The van der Waals surface area contributed by atoms with E-state index in [1.165, 1.54) is 6.07 Å². The number of hydrogen-bond donors (Lipinski definition) is 2. The maximum absolute atomic E-state index is 12.7. The van der Waals surface area contributed by atoms with E-state index < -0.39 is 11.7 Å². The number of aryl methyl sites for hydroxylation is 1. The van der Waals surface area contributed by atoms with Gasteiger partial charge in [-0.1, -0.05) is 17.9 Å². The average molecular weight is 491 g/mol. The highest BCUT2D eigenvalue weighted by molar-refractivity contribution is 14.0. The molecule has 0 bridgehead atoms. The van der Waals surface area contributed by atoms with Gasteiger partial charge in [0, 0.05) is 38.1 Å². The SMILES string of the molecule is CN=C(NCC#Cc1cccc(C(F)(F)F)c1)NCCCn1cccn1.I. The van der Waals surface area contributed by atoms with Crippen LogP contribution >= 0.6 is 24.0 Å². The van der Waals surface area contributed by atoms with Gasteiger partial charge in [0.2, 0.25) is 0 Å². The first-order valence-corrected chi connectivity index (χ1v) is 8.07. The van der Waals surface area contributed by atoms with Crippen molar-refractivity contribution in [3.8, 4) is 11.8 Å². The van der Waals surface area contributed by atoms with Crippen LogP contribution < -0.4 is 10.6 Å². The zero-order chi connectivity index (χ0) is 18.8. The van der Waals surface area contributed by atoms with Crippen LogP contribution in [-0.4, -0.2) is 35.9 Å². The van der Waals surface area contributed by atoms with Crippen LogP contribution in [0.4, 0.5) is 13.2 Å².